The molecule has 0 bridgehead atoms. The van der Waals surface area contributed by atoms with Gasteiger partial charge in [-0.2, -0.15) is 5.10 Å². The van der Waals surface area contributed by atoms with Gasteiger partial charge >= 0.3 is 0 Å². The fourth-order valence-electron chi connectivity index (χ4n) is 3.80. The largest absolute Gasteiger partial charge is 0.488 e. The van der Waals surface area contributed by atoms with Crippen LogP contribution in [0.4, 0.5) is 0 Å². The molecule has 0 atom stereocenters. The first-order valence-electron chi connectivity index (χ1n) is 11.9. The van der Waals surface area contributed by atoms with Crippen LogP contribution in [-0.2, 0) is 16.8 Å². The molecule has 0 aliphatic heterocycles. The number of carbonyl (C=O) groups is 1. The van der Waals surface area contributed by atoms with Crippen molar-refractivity contribution in [1.29, 1.82) is 0 Å². The maximum atomic E-state index is 12.2. The van der Waals surface area contributed by atoms with Gasteiger partial charge in [0.1, 0.15) is 18.1 Å². The van der Waals surface area contributed by atoms with E-state index < -0.39 is 0 Å². The van der Waals surface area contributed by atoms with E-state index in [1.807, 2.05) is 97.1 Å². The Bertz CT molecular complexity index is 1280. The van der Waals surface area contributed by atoms with Crippen LogP contribution in [0.1, 0.15) is 36.1 Å². The normalized spacial score (nSPS) is 11.3. The second-order valence-electron chi connectivity index (χ2n) is 8.91. The molecule has 4 aromatic carbocycles. The molecular formula is C31H30N2O3. The number of hydrogen-bond acceptors (Lipinski definition) is 4. The van der Waals surface area contributed by atoms with Gasteiger partial charge in [0.2, 0.25) is 0 Å². The van der Waals surface area contributed by atoms with Crippen molar-refractivity contribution in [2.24, 2.45) is 5.10 Å². The van der Waals surface area contributed by atoms with Crippen molar-refractivity contribution in [1.82, 2.24) is 5.43 Å². The van der Waals surface area contributed by atoms with E-state index in [-0.39, 0.29) is 17.9 Å². The van der Waals surface area contributed by atoms with E-state index in [4.69, 9.17) is 9.47 Å². The minimum atomic E-state index is -0.345. The fourth-order valence-corrected chi connectivity index (χ4v) is 3.80. The van der Waals surface area contributed by atoms with Crippen LogP contribution in [0.5, 0.6) is 11.5 Å². The summed E-state index contributed by atoms with van der Waals surface area (Å²) in [7, 11) is 0. The summed E-state index contributed by atoms with van der Waals surface area (Å²) < 4.78 is 11.6. The van der Waals surface area contributed by atoms with Gasteiger partial charge in [-0.15, -0.1) is 0 Å². The molecule has 0 heterocycles. The molecule has 4 aromatic rings. The predicted octanol–water partition coefficient (Wildman–Crippen LogP) is 6.12. The number of carbonyl (C=O) groups excluding carboxylic acids is 1. The summed E-state index contributed by atoms with van der Waals surface area (Å²) in [4.78, 5) is 12.2. The lowest BCUT2D eigenvalue weighted by molar-refractivity contribution is -0.123. The van der Waals surface area contributed by atoms with Crippen LogP contribution < -0.4 is 14.9 Å². The van der Waals surface area contributed by atoms with Gasteiger partial charge < -0.3 is 9.47 Å². The van der Waals surface area contributed by atoms with Crippen LogP contribution in [-0.4, -0.2) is 18.7 Å². The molecule has 0 saturated heterocycles. The van der Waals surface area contributed by atoms with Crippen LogP contribution in [0.2, 0.25) is 0 Å². The molecule has 36 heavy (non-hydrogen) atoms. The zero-order chi connectivity index (χ0) is 25.2. The molecule has 0 fully saturated rings. The van der Waals surface area contributed by atoms with Gasteiger partial charge in [0.15, 0.2) is 6.61 Å². The summed E-state index contributed by atoms with van der Waals surface area (Å²) in [6, 6.07) is 35.7. The Labute approximate surface area is 212 Å². The first-order chi connectivity index (χ1) is 17.5. The van der Waals surface area contributed by atoms with Crippen LogP contribution in [0, 0.1) is 0 Å². The van der Waals surface area contributed by atoms with Gasteiger partial charge in [0.05, 0.1) is 6.21 Å². The highest BCUT2D eigenvalue weighted by atomic mass is 16.5. The van der Waals surface area contributed by atoms with E-state index in [1.54, 1.807) is 6.21 Å². The molecule has 5 heteroatoms. The highest BCUT2D eigenvalue weighted by Gasteiger charge is 2.22. The van der Waals surface area contributed by atoms with Gasteiger partial charge in [0.25, 0.3) is 5.91 Å². The maximum absolute atomic E-state index is 12.2. The van der Waals surface area contributed by atoms with Gasteiger partial charge in [0, 0.05) is 11.0 Å². The second kappa shape index (κ2) is 11.8. The van der Waals surface area contributed by atoms with E-state index in [0.29, 0.717) is 18.1 Å². The molecule has 0 aromatic heterocycles. The molecule has 4 rings (SSSR count). The minimum absolute atomic E-state index is 0.132. The monoisotopic (exact) mass is 478 g/mol. The van der Waals surface area contributed by atoms with E-state index >= 15 is 0 Å². The van der Waals surface area contributed by atoms with Crippen LogP contribution in [0.15, 0.2) is 114 Å². The first-order valence-corrected chi connectivity index (χ1v) is 11.9. The Kier molecular flexibility index (Phi) is 8.14. The van der Waals surface area contributed by atoms with Crippen molar-refractivity contribution in [3.63, 3.8) is 0 Å². The summed E-state index contributed by atoms with van der Waals surface area (Å²) in [5, 5.41) is 4.06. The van der Waals surface area contributed by atoms with Crippen LogP contribution >= 0.6 is 0 Å². The van der Waals surface area contributed by atoms with Crippen molar-refractivity contribution in [2.45, 2.75) is 25.9 Å². The number of hydrogen-bond donors (Lipinski definition) is 1. The lowest BCUT2D eigenvalue weighted by atomic mass is 9.78. The number of nitrogens with one attached hydrogen (secondary N) is 1. The molecule has 1 N–H and O–H groups in total. The number of para-hydroxylation sites is 1. The predicted molar refractivity (Wildman–Crippen MR) is 143 cm³/mol. The fraction of sp³-hybridized carbons (Fsp3) is 0.161. The number of ether oxygens (including phenoxy) is 2. The van der Waals surface area contributed by atoms with E-state index in [2.05, 4.69) is 36.5 Å². The van der Waals surface area contributed by atoms with Crippen molar-refractivity contribution < 1.29 is 14.3 Å². The molecule has 0 radical (unpaired) electrons. The third kappa shape index (κ3) is 6.60. The SMILES string of the molecule is CC(C)(c1ccccc1)c1ccc(OCC(=O)N/N=C/c2ccccc2OCc2ccccc2)cc1. The van der Waals surface area contributed by atoms with Crippen LogP contribution in [0.25, 0.3) is 0 Å². The maximum Gasteiger partial charge on any atom is 0.277 e. The van der Waals surface area contributed by atoms with Gasteiger partial charge in [-0.25, -0.2) is 5.43 Å². The molecule has 0 aliphatic carbocycles. The Morgan fingerprint density at radius 2 is 1.39 bits per heavy atom. The van der Waals surface area contributed by atoms with Crippen molar-refractivity contribution in [3.05, 3.63) is 131 Å². The Balaban J connectivity index is 1.28. The van der Waals surface area contributed by atoms with E-state index in [1.165, 1.54) is 11.1 Å². The van der Waals surface area contributed by atoms with E-state index in [0.717, 1.165) is 11.1 Å². The third-order valence-electron chi connectivity index (χ3n) is 5.99. The molecule has 5 nitrogen and oxygen atoms in total. The number of amides is 1. The standard InChI is InChI=1S/C31H30N2O3/c1-31(2,26-14-7-4-8-15-26)27-17-19-28(20-18-27)35-23-30(34)33-32-21-25-13-9-10-16-29(25)36-22-24-11-5-3-6-12-24/h3-21H,22-23H2,1-2H3,(H,33,34)/b32-21+. The van der Waals surface area contributed by atoms with Crippen LogP contribution in [0.3, 0.4) is 0 Å². The third-order valence-corrected chi connectivity index (χ3v) is 5.99. The van der Waals surface area contributed by atoms with Gasteiger partial charge in [-0.1, -0.05) is 98.8 Å². The molecule has 0 spiro atoms. The summed E-state index contributed by atoms with van der Waals surface area (Å²) in [5.74, 6) is 0.971. The van der Waals surface area contributed by atoms with Gasteiger partial charge in [-0.05, 0) is 41.0 Å². The number of nitrogens with zero attached hydrogens (tertiary/aromatic N) is 1. The molecule has 182 valence electrons. The Hall–Kier alpha value is -4.38. The molecule has 0 unspecified atom stereocenters. The topological polar surface area (TPSA) is 59.9 Å². The highest BCUT2D eigenvalue weighted by molar-refractivity contribution is 5.85. The summed E-state index contributed by atoms with van der Waals surface area (Å²) in [5.41, 5.74) is 6.63. The van der Waals surface area contributed by atoms with Gasteiger partial charge in [-0.3, -0.25) is 4.79 Å². The number of rotatable bonds is 10. The molecule has 0 aliphatic rings. The zero-order valence-electron chi connectivity index (χ0n) is 20.6. The van der Waals surface area contributed by atoms with E-state index in [9.17, 15) is 4.79 Å². The number of benzene rings is 4. The van der Waals surface area contributed by atoms with Crippen molar-refractivity contribution in [3.8, 4) is 11.5 Å². The minimum Gasteiger partial charge on any atom is -0.488 e. The molecule has 1 amide bonds. The summed E-state index contributed by atoms with van der Waals surface area (Å²) in [6.45, 7) is 4.70. The summed E-state index contributed by atoms with van der Waals surface area (Å²) in [6.07, 6.45) is 1.57. The number of hydrazone groups is 1. The smallest absolute Gasteiger partial charge is 0.277 e. The molecule has 0 saturated carbocycles. The quantitative estimate of drug-likeness (QED) is 0.221. The molecular weight excluding hydrogens is 448 g/mol. The lowest BCUT2D eigenvalue weighted by Crippen LogP contribution is -2.24. The Morgan fingerprint density at radius 3 is 2.11 bits per heavy atom. The van der Waals surface area contributed by atoms with Crippen molar-refractivity contribution in [2.75, 3.05) is 6.61 Å². The zero-order valence-corrected chi connectivity index (χ0v) is 20.6. The second-order valence-corrected chi connectivity index (χ2v) is 8.91. The summed E-state index contributed by atoms with van der Waals surface area (Å²) >= 11 is 0. The average molecular weight is 479 g/mol. The Morgan fingerprint density at radius 1 is 0.778 bits per heavy atom. The average Bonchev–Trinajstić information content (AvgIpc) is 2.92. The first kappa shape index (κ1) is 24.7. The lowest BCUT2D eigenvalue weighted by Gasteiger charge is -2.26. The highest BCUT2D eigenvalue weighted by Crippen LogP contribution is 2.32. The van der Waals surface area contributed by atoms with Crippen molar-refractivity contribution >= 4 is 12.1 Å².